The van der Waals surface area contributed by atoms with Crippen molar-refractivity contribution in [1.29, 1.82) is 0 Å². The van der Waals surface area contributed by atoms with Crippen LogP contribution in [0.25, 0.3) is 0 Å². The molecule has 0 aliphatic carbocycles. The summed E-state index contributed by atoms with van der Waals surface area (Å²) in [6, 6.07) is 19.6. The number of carbonyl (C=O) groups is 1. The minimum Gasteiger partial charge on any atom is -0.497 e. The summed E-state index contributed by atoms with van der Waals surface area (Å²) in [7, 11) is -0.733. The van der Waals surface area contributed by atoms with Crippen LogP contribution >= 0.6 is 15.9 Å². The van der Waals surface area contributed by atoms with E-state index < -0.39 is 22.5 Å². The van der Waals surface area contributed by atoms with E-state index in [0.717, 1.165) is 16.1 Å². The molecule has 190 valence electrons. The first-order valence-electron chi connectivity index (χ1n) is 10.7. The van der Waals surface area contributed by atoms with Gasteiger partial charge in [-0.3, -0.25) is 9.10 Å². The number of carbonyl (C=O) groups excluding carboxylic acids is 1. The highest BCUT2D eigenvalue weighted by Crippen LogP contribution is 2.36. The number of hydrazone groups is 1. The number of methoxy groups -OCH3 is 2. The SMILES string of the molecule is COc1cccc(N(CC(=O)N/N=C\c2cc(Br)c(OCc3ccccc3)c(OC)c2)S(C)(=O)=O)c1. The van der Waals surface area contributed by atoms with Crippen molar-refractivity contribution in [3.05, 3.63) is 82.3 Å². The van der Waals surface area contributed by atoms with Gasteiger partial charge in [0.25, 0.3) is 5.91 Å². The number of nitrogens with one attached hydrogen (secondary N) is 1. The van der Waals surface area contributed by atoms with Gasteiger partial charge in [-0.05, 0) is 51.3 Å². The molecule has 0 spiro atoms. The second kappa shape index (κ2) is 12.4. The van der Waals surface area contributed by atoms with E-state index >= 15 is 0 Å². The molecule has 0 bridgehead atoms. The Kier molecular flexibility index (Phi) is 9.31. The molecule has 36 heavy (non-hydrogen) atoms. The lowest BCUT2D eigenvalue weighted by Crippen LogP contribution is -2.39. The first kappa shape index (κ1) is 27.0. The van der Waals surface area contributed by atoms with Crippen molar-refractivity contribution in [2.24, 2.45) is 5.10 Å². The highest BCUT2D eigenvalue weighted by atomic mass is 79.9. The fourth-order valence-corrected chi connectivity index (χ4v) is 4.62. The van der Waals surface area contributed by atoms with E-state index in [1.807, 2.05) is 30.3 Å². The quantitative estimate of drug-likeness (QED) is 0.274. The van der Waals surface area contributed by atoms with Gasteiger partial charge in [-0.15, -0.1) is 0 Å². The molecule has 9 nitrogen and oxygen atoms in total. The van der Waals surface area contributed by atoms with Crippen molar-refractivity contribution in [2.45, 2.75) is 6.61 Å². The standard InChI is InChI=1S/C25H26BrN3O6S/c1-33-21-11-7-10-20(14-21)29(36(3,31)32)16-24(30)28-27-15-19-12-22(26)25(23(13-19)34-2)35-17-18-8-5-4-6-9-18/h4-15H,16-17H2,1-3H3,(H,28,30)/b27-15-. The van der Waals surface area contributed by atoms with Crippen LogP contribution < -0.4 is 23.9 Å². The van der Waals surface area contributed by atoms with Gasteiger partial charge in [0.2, 0.25) is 10.0 Å². The largest absolute Gasteiger partial charge is 0.497 e. The fraction of sp³-hybridized carbons (Fsp3) is 0.200. The molecule has 0 aliphatic heterocycles. The number of nitrogens with zero attached hydrogens (tertiary/aromatic N) is 2. The van der Waals surface area contributed by atoms with E-state index in [9.17, 15) is 13.2 Å². The Bertz CT molecular complexity index is 1330. The molecule has 0 atom stereocenters. The van der Waals surface area contributed by atoms with Gasteiger partial charge >= 0.3 is 0 Å². The van der Waals surface area contributed by atoms with E-state index in [1.165, 1.54) is 26.5 Å². The molecule has 11 heteroatoms. The Hall–Kier alpha value is -3.57. The third kappa shape index (κ3) is 7.46. The third-order valence-corrected chi connectivity index (χ3v) is 6.64. The number of hydrogen-bond donors (Lipinski definition) is 1. The monoisotopic (exact) mass is 575 g/mol. The molecule has 3 aromatic carbocycles. The van der Waals surface area contributed by atoms with Crippen LogP contribution in [0.3, 0.4) is 0 Å². The second-order valence-electron chi connectivity index (χ2n) is 7.57. The van der Waals surface area contributed by atoms with Crippen molar-refractivity contribution < 1.29 is 27.4 Å². The maximum absolute atomic E-state index is 12.5. The van der Waals surface area contributed by atoms with Crippen molar-refractivity contribution >= 4 is 43.8 Å². The minimum absolute atomic E-state index is 0.302. The molecule has 0 saturated heterocycles. The molecule has 0 fully saturated rings. The van der Waals surface area contributed by atoms with E-state index in [0.29, 0.717) is 39.6 Å². The van der Waals surface area contributed by atoms with E-state index in [-0.39, 0.29) is 0 Å². The average Bonchev–Trinajstić information content (AvgIpc) is 2.86. The zero-order chi connectivity index (χ0) is 26.1. The molecule has 0 unspecified atom stereocenters. The molecule has 0 heterocycles. The van der Waals surface area contributed by atoms with Crippen LogP contribution in [0.4, 0.5) is 5.69 Å². The molecule has 0 aromatic heterocycles. The minimum atomic E-state index is -3.73. The second-order valence-corrected chi connectivity index (χ2v) is 10.3. The number of halogens is 1. The summed E-state index contributed by atoms with van der Waals surface area (Å²) in [5.41, 5.74) is 4.29. The molecule has 1 amide bonds. The summed E-state index contributed by atoms with van der Waals surface area (Å²) in [5.74, 6) is 0.864. The first-order valence-corrected chi connectivity index (χ1v) is 13.3. The lowest BCUT2D eigenvalue weighted by atomic mass is 10.2. The molecule has 0 saturated carbocycles. The van der Waals surface area contributed by atoms with Crippen molar-refractivity contribution in [3.8, 4) is 17.2 Å². The van der Waals surface area contributed by atoms with Gasteiger partial charge in [-0.1, -0.05) is 36.4 Å². The summed E-state index contributed by atoms with van der Waals surface area (Å²) >= 11 is 3.49. The number of benzene rings is 3. The highest BCUT2D eigenvalue weighted by Gasteiger charge is 2.21. The number of anilines is 1. The number of sulfonamides is 1. The lowest BCUT2D eigenvalue weighted by molar-refractivity contribution is -0.119. The predicted molar refractivity (Wildman–Crippen MR) is 142 cm³/mol. The van der Waals surface area contributed by atoms with Crippen molar-refractivity contribution in [2.75, 3.05) is 31.3 Å². The number of hydrogen-bond acceptors (Lipinski definition) is 7. The number of ether oxygens (including phenoxy) is 3. The lowest BCUT2D eigenvalue weighted by Gasteiger charge is -2.21. The normalized spacial score (nSPS) is 11.2. The maximum Gasteiger partial charge on any atom is 0.260 e. The molecule has 3 aromatic rings. The Morgan fingerprint density at radius 1 is 1.06 bits per heavy atom. The van der Waals surface area contributed by atoms with Crippen LogP contribution in [0.5, 0.6) is 17.2 Å². The Labute approximate surface area is 218 Å². The molecular weight excluding hydrogens is 550 g/mol. The Balaban J connectivity index is 1.68. The summed E-state index contributed by atoms with van der Waals surface area (Å²) in [6.07, 6.45) is 2.44. The summed E-state index contributed by atoms with van der Waals surface area (Å²) in [4.78, 5) is 12.5. The van der Waals surface area contributed by atoms with Crippen molar-refractivity contribution in [1.82, 2.24) is 5.43 Å². The van der Waals surface area contributed by atoms with Crippen LogP contribution in [0.1, 0.15) is 11.1 Å². The zero-order valence-electron chi connectivity index (χ0n) is 20.0. The fourth-order valence-electron chi connectivity index (χ4n) is 3.19. The Morgan fingerprint density at radius 3 is 2.47 bits per heavy atom. The number of rotatable bonds is 11. The molecule has 0 radical (unpaired) electrons. The number of amides is 1. The molecule has 0 aliphatic rings. The van der Waals surface area contributed by atoms with Crippen LogP contribution in [0.2, 0.25) is 0 Å². The predicted octanol–water partition coefficient (Wildman–Crippen LogP) is 3.96. The zero-order valence-corrected chi connectivity index (χ0v) is 22.4. The molecule has 3 rings (SSSR count). The van der Waals surface area contributed by atoms with E-state index in [2.05, 4.69) is 26.5 Å². The topological polar surface area (TPSA) is 107 Å². The van der Waals surface area contributed by atoms with E-state index in [4.69, 9.17) is 14.2 Å². The van der Waals surface area contributed by atoms with Gasteiger partial charge in [-0.25, -0.2) is 13.8 Å². The first-order chi connectivity index (χ1) is 17.2. The van der Waals surface area contributed by atoms with Crippen LogP contribution in [0, 0.1) is 0 Å². The molecular formula is C25H26BrN3O6S. The average molecular weight is 576 g/mol. The smallest absolute Gasteiger partial charge is 0.260 e. The van der Waals surface area contributed by atoms with Gasteiger partial charge in [0, 0.05) is 6.07 Å². The maximum atomic E-state index is 12.5. The van der Waals surface area contributed by atoms with Gasteiger partial charge < -0.3 is 14.2 Å². The summed E-state index contributed by atoms with van der Waals surface area (Å²) in [6.45, 7) is -0.0912. The van der Waals surface area contributed by atoms with Crippen molar-refractivity contribution in [3.63, 3.8) is 0 Å². The Morgan fingerprint density at radius 2 is 1.81 bits per heavy atom. The van der Waals surface area contributed by atoms with Gasteiger partial charge in [0.05, 0.1) is 36.9 Å². The summed E-state index contributed by atoms with van der Waals surface area (Å²) < 4.78 is 42.7. The van der Waals surface area contributed by atoms with Gasteiger partial charge in [0.15, 0.2) is 11.5 Å². The van der Waals surface area contributed by atoms with Crippen LogP contribution in [-0.4, -0.2) is 47.6 Å². The van der Waals surface area contributed by atoms with Crippen LogP contribution in [-0.2, 0) is 21.4 Å². The van der Waals surface area contributed by atoms with Crippen LogP contribution in [0.15, 0.2) is 76.3 Å². The van der Waals surface area contributed by atoms with Gasteiger partial charge in [-0.2, -0.15) is 5.10 Å². The summed E-state index contributed by atoms with van der Waals surface area (Å²) in [5, 5.41) is 3.96. The molecule has 1 N–H and O–H groups in total. The highest BCUT2D eigenvalue weighted by molar-refractivity contribution is 9.10. The van der Waals surface area contributed by atoms with E-state index in [1.54, 1.807) is 30.3 Å². The third-order valence-electron chi connectivity index (χ3n) is 4.91. The van der Waals surface area contributed by atoms with Gasteiger partial charge in [0.1, 0.15) is 18.9 Å².